The largest absolute Gasteiger partial charge is 0.456 e. The second-order valence-corrected chi connectivity index (χ2v) is 3.58. The summed E-state index contributed by atoms with van der Waals surface area (Å²) in [5.74, 6) is 1.85. The zero-order valence-corrected chi connectivity index (χ0v) is 7.32. The van der Waals surface area contributed by atoms with Crippen molar-refractivity contribution in [2.45, 2.75) is 0 Å². The molecule has 1 nitrogen and oxygen atoms in total. The van der Waals surface area contributed by atoms with Crippen LogP contribution in [0.2, 0.25) is 0 Å². The molecular weight excluding hydrogens is 183 g/mol. The SMILES string of the molecule is [LiH].c1cc(Oc2ccsc2)cs1. The van der Waals surface area contributed by atoms with Crippen LogP contribution in [0.3, 0.4) is 0 Å². The smallest absolute Gasteiger partial charge is 0.138 e. The van der Waals surface area contributed by atoms with Gasteiger partial charge in [-0.15, -0.1) is 22.7 Å². The molecule has 2 aromatic heterocycles. The average molecular weight is 190 g/mol. The molecule has 58 valence electrons. The summed E-state index contributed by atoms with van der Waals surface area (Å²) in [6.07, 6.45) is 0. The van der Waals surface area contributed by atoms with Crippen molar-refractivity contribution in [3.63, 3.8) is 0 Å². The van der Waals surface area contributed by atoms with E-state index < -0.39 is 0 Å². The van der Waals surface area contributed by atoms with Crippen LogP contribution >= 0.6 is 22.7 Å². The second-order valence-electron chi connectivity index (χ2n) is 2.02. The maximum Gasteiger partial charge on any atom is 0.138 e. The van der Waals surface area contributed by atoms with Gasteiger partial charge < -0.3 is 4.74 Å². The van der Waals surface area contributed by atoms with Gasteiger partial charge in [0.2, 0.25) is 0 Å². The Balaban J connectivity index is 0.000000720. The third-order valence-electron chi connectivity index (χ3n) is 1.23. The van der Waals surface area contributed by atoms with E-state index in [0.717, 1.165) is 11.5 Å². The van der Waals surface area contributed by atoms with E-state index in [1.165, 1.54) is 0 Å². The van der Waals surface area contributed by atoms with E-state index >= 15 is 0 Å². The Morgan fingerprint density at radius 2 is 1.42 bits per heavy atom. The summed E-state index contributed by atoms with van der Waals surface area (Å²) in [4.78, 5) is 0. The van der Waals surface area contributed by atoms with Gasteiger partial charge in [0.25, 0.3) is 0 Å². The molecule has 0 saturated heterocycles. The van der Waals surface area contributed by atoms with Crippen LogP contribution in [0.5, 0.6) is 11.5 Å². The van der Waals surface area contributed by atoms with Crippen LogP contribution in [-0.4, -0.2) is 18.9 Å². The predicted octanol–water partition coefficient (Wildman–Crippen LogP) is 2.95. The molecular formula is C8H7LiOS2. The number of ether oxygens (including phenoxy) is 1. The van der Waals surface area contributed by atoms with Gasteiger partial charge in [-0.1, -0.05) is 0 Å². The molecule has 12 heavy (non-hydrogen) atoms. The number of thiophene rings is 2. The summed E-state index contributed by atoms with van der Waals surface area (Å²) in [5, 5.41) is 7.97. The van der Waals surface area contributed by atoms with Gasteiger partial charge in [0, 0.05) is 10.8 Å². The van der Waals surface area contributed by atoms with E-state index in [-0.39, 0.29) is 18.9 Å². The standard InChI is InChI=1S/C8H6OS2.Li.H/c1-3-10-5-7(1)9-8-2-4-11-6-8;;/h1-6H;;. The molecule has 0 atom stereocenters. The van der Waals surface area contributed by atoms with Gasteiger partial charge in [0.15, 0.2) is 0 Å². The minimum Gasteiger partial charge on any atom is -0.456 e. The van der Waals surface area contributed by atoms with Gasteiger partial charge in [-0.2, -0.15) is 0 Å². The first kappa shape index (κ1) is 9.88. The number of rotatable bonds is 2. The first-order valence-electron chi connectivity index (χ1n) is 3.17. The Hall–Kier alpha value is -0.203. The van der Waals surface area contributed by atoms with Crippen LogP contribution in [0.15, 0.2) is 33.7 Å². The Kier molecular flexibility index (Phi) is 3.90. The van der Waals surface area contributed by atoms with Crippen LogP contribution < -0.4 is 4.74 Å². The summed E-state index contributed by atoms with van der Waals surface area (Å²) in [6, 6.07) is 3.92. The van der Waals surface area contributed by atoms with Crippen molar-refractivity contribution in [2.75, 3.05) is 0 Å². The van der Waals surface area contributed by atoms with Crippen molar-refractivity contribution in [3.8, 4) is 11.5 Å². The first-order chi connectivity index (χ1) is 5.45. The van der Waals surface area contributed by atoms with Crippen molar-refractivity contribution in [1.82, 2.24) is 0 Å². The fourth-order valence-corrected chi connectivity index (χ4v) is 1.86. The summed E-state index contributed by atoms with van der Waals surface area (Å²) in [7, 11) is 0. The molecule has 0 aliphatic heterocycles. The molecule has 2 rings (SSSR count). The molecule has 0 aliphatic carbocycles. The molecule has 0 unspecified atom stereocenters. The third kappa shape index (κ3) is 2.39. The van der Waals surface area contributed by atoms with E-state index in [4.69, 9.17) is 4.74 Å². The van der Waals surface area contributed by atoms with Crippen molar-refractivity contribution in [1.29, 1.82) is 0 Å². The van der Waals surface area contributed by atoms with Crippen molar-refractivity contribution in [3.05, 3.63) is 33.7 Å². The molecule has 2 heterocycles. The molecule has 0 radical (unpaired) electrons. The van der Waals surface area contributed by atoms with Crippen LogP contribution in [0.4, 0.5) is 0 Å². The molecule has 0 aliphatic rings. The Bertz CT molecular complexity index is 269. The van der Waals surface area contributed by atoms with Crippen LogP contribution in [0.25, 0.3) is 0 Å². The average Bonchev–Trinajstić information content (AvgIpc) is 2.60. The van der Waals surface area contributed by atoms with E-state index in [1.54, 1.807) is 22.7 Å². The minimum atomic E-state index is 0. The fourth-order valence-electron chi connectivity index (χ4n) is 0.756. The normalized spacial score (nSPS) is 9.00. The van der Waals surface area contributed by atoms with Gasteiger partial charge in [0.1, 0.15) is 11.5 Å². The summed E-state index contributed by atoms with van der Waals surface area (Å²) in [5.41, 5.74) is 0. The Morgan fingerprint density at radius 1 is 0.917 bits per heavy atom. The van der Waals surface area contributed by atoms with Crippen molar-refractivity contribution in [2.24, 2.45) is 0 Å². The van der Waals surface area contributed by atoms with Gasteiger partial charge >= 0.3 is 18.9 Å². The molecule has 0 spiro atoms. The van der Waals surface area contributed by atoms with Crippen LogP contribution in [0.1, 0.15) is 0 Å². The van der Waals surface area contributed by atoms with E-state index in [9.17, 15) is 0 Å². The number of hydrogen-bond donors (Lipinski definition) is 0. The molecule has 0 N–H and O–H groups in total. The fraction of sp³-hybridized carbons (Fsp3) is 0. The Labute approximate surface area is 91.2 Å². The monoisotopic (exact) mass is 190 g/mol. The molecule has 4 heteroatoms. The Morgan fingerprint density at radius 3 is 1.75 bits per heavy atom. The van der Waals surface area contributed by atoms with Gasteiger partial charge in [-0.3, -0.25) is 0 Å². The molecule has 2 aromatic rings. The van der Waals surface area contributed by atoms with Gasteiger partial charge in [-0.25, -0.2) is 0 Å². The van der Waals surface area contributed by atoms with Crippen molar-refractivity contribution >= 4 is 41.5 Å². The van der Waals surface area contributed by atoms with E-state index in [0.29, 0.717) is 0 Å². The molecule has 0 bridgehead atoms. The second kappa shape index (κ2) is 4.73. The van der Waals surface area contributed by atoms with Crippen molar-refractivity contribution < 1.29 is 4.74 Å². The summed E-state index contributed by atoms with van der Waals surface area (Å²) in [6.45, 7) is 0. The molecule has 0 aromatic carbocycles. The minimum absolute atomic E-state index is 0. The zero-order chi connectivity index (χ0) is 7.52. The molecule has 0 fully saturated rings. The van der Waals surface area contributed by atoms with E-state index in [2.05, 4.69) is 0 Å². The quantitative estimate of drug-likeness (QED) is 0.661. The maximum atomic E-state index is 5.48. The third-order valence-corrected chi connectivity index (χ3v) is 2.55. The molecule has 0 amide bonds. The van der Waals surface area contributed by atoms with Gasteiger partial charge in [-0.05, 0) is 22.9 Å². The van der Waals surface area contributed by atoms with Crippen LogP contribution in [0, 0.1) is 0 Å². The summed E-state index contributed by atoms with van der Waals surface area (Å²) < 4.78 is 5.48. The maximum absolute atomic E-state index is 5.48. The molecule has 0 saturated carbocycles. The van der Waals surface area contributed by atoms with Crippen LogP contribution in [-0.2, 0) is 0 Å². The topological polar surface area (TPSA) is 9.23 Å². The summed E-state index contributed by atoms with van der Waals surface area (Å²) >= 11 is 3.28. The predicted molar refractivity (Wildman–Crippen MR) is 55.9 cm³/mol. The van der Waals surface area contributed by atoms with Gasteiger partial charge in [0.05, 0.1) is 0 Å². The zero-order valence-electron chi connectivity index (χ0n) is 5.69. The number of hydrogen-bond acceptors (Lipinski definition) is 3. The van der Waals surface area contributed by atoms with E-state index in [1.807, 2.05) is 33.7 Å². The first-order valence-corrected chi connectivity index (χ1v) is 5.06.